The van der Waals surface area contributed by atoms with E-state index in [-0.39, 0.29) is 6.61 Å². The highest BCUT2D eigenvalue weighted by atomic mass is 16.7. The molecule has 5 nitrogen and oxygen atoms in total. The van der Waals surface area contributed by atoms with Gasteiger partial charge in [-0.15, -0.1) is 0 Å². The Labute approximate surface area is 105 Å². The van der Waals surface area contributed by atoms with Crippen molar-refractivity contribution in [2.24, 2.45) is 0 Å². The van der Waals surface area contributed by atoms with Crippen LogP contribution < -0.4 is 0 Å². The molecule has 2 rings (SSSR count). The molecule has 98 valence electrons. The predicted octanol–water partition coefficient (Wildman–Crippen LogP) is 0.966. The second-order valence-corrected chi connectivity index (χ2v) is 4.11. The number of carbonyl (C=O) groups excluding carboxylic acids is 1. The fourth-order valence-electron chi connectivity index (χ4n) is 1.81. The van der Waals surface area contributed by atoms with Crippen LogP contribution in [0.5, 0.6) is 0 Å². The number of aliphatic hydroxyl groups excluding tert-OH is 1. The average Bonchev–Trinajstić information content (AvgIpc) is 2.77. The minimum Gasteiger partial charge on any atom is -0.459 e. The standard InChI is InChI=1S/C13H16O5/c1-16-12-7-10(14)11(18-12)8-17-13(15)9-5-3-2-4-6-9/h2-6,10-12,14H,7-8H2,1H3/t10-,11-,12?/m1/s1. The van der Waals surface area contributed by atoms with Crippen LogP contribution in [0.2, 0.25) is 0 Å². The van der Waals surface area contributed by atoms with E-state index >= 15 is 0 Å². The maximum Gasteiger partial charge on any atom is 0.338 e. The van der Waals surface area contributed by atoms with Crippen LogP contribution in [-0.2, 0) is 14.2 Å². The van der Waals surface area contributed by atoms with Gasteiger partial charge in [-0.1, -0.05) is 18.2 Å². The normalized spacial score (nSPS) is 27.1. The van der Waals surface area contributed by atoms with Crippen molar-refractivity contribution < 1.29 is 24.1 Å². The molecule has 0 saturated carbocycles. The molecule has 3 atom stereocenters. The number of ether oxygens (including phenoxy) is 3. The Morgan fingerprint density at radius 3 is 2.78 bits per heavy atom. The molecule has 1 N–H and O–H groups in total. The molecule has 1 aliphatic heterocycles. The van der Waals surface area contributed by atoms with E-state index in [1.54, 1.807) is 24.3 Å². The molecule has 1 fully saturated rings. The molecule has 0 radical (unpaired) electrons. The first-order valence-corrected chi connectivity index (χ1v) is 5.79. The van der Waals surface area contributed by atoms with E-state index < -0.39 is 24.5 Å². The fraction of sp³-hybridized carbons (Fsp3) is 0.462. The van der Waals surface area contributed by atoms with Gasteiger partial charge < -0.3 is 19.3 Å². The molecule has 0 aliphatic carbocycles. The van der Waals surface area contributed by atoms with Gasteiger partial charge in [-0.25, -0.2) is 4.79 Å². The van der Waals surface area contributed by atoms with Crippen LogP contribution in [0.15, 0.2) is 30.3 Å². The van der Waals surface area contributed by atoms with E-state index in [2.05, 4.69) is 0 Å². The third-order valence-corrected chi connectivity index (χ3v) is 2.84. The number of carbonyl (C=O) groups is 1. The minimum atomic E-state index is -0.668. The smallest absolute Gasteiger partial charge is 0.338 e. The lowest BCUT2D eigenvalue weighted by molar-refractivity contribution is -0.128. The van der Waals surface area contributed by atoms with Crippen LogP contribution in [0.1, 0.15) is 16.8 Å². The summed E-state index contributed by atoms with van der Waals surface area (Å²) in [4.78, 5) is 11.7. The quantitative estimate of drug-likeness (QED) is 0.809. The first kappa shape index (κ1) is 13.0. The Balaban J connectivity index is 1.83. The third kappa shape index (κ3) is 3.07. The second-order valence-electron chi connectivity index (χ2n) is 4.11. The Morgan fingerprint density at radius 2 is 2.17 bits per heavy atom. The van der Waals surface area contributed by atoms with E-state index in [9.17, 15) is 9.90 Å². The van der Waals surface area contributed by atoms with Crippen molar-refractivity contribution in [1.82, 2.24) is 0 Å². The zero-order chi connectivity index (χ0) is 13.0. The Morgan fingerprint density at radius 1 is 1.44 bits per heavy atom. The summed E-state index contributed by atoms with van der Waals surface area (Å²) in [5.74, 6) is -0.424. The van der Waals surface area contributed by atoms with Crippen LogP contribution in [0.4, 0.5) is 0 Å². The molecule has 1 aromatic carbocycles. The third-order valence-electron chi connectivity index (χ3n) is 2.84. The van der Waals surface area contributed by atoms with Crippen LogP contribution in [0.25, 0.3) is 0 Å². The molecule has 1 heterocycles. The molecule has 1 aromatic rings. The zero-order valence-electron chi connectivity index (χ0n) is 10.1. The van der Waals surface area contributed by atoms with E-state index in [4.69, 9.17) is 14.2 Å². The highest BCUT2D eigenvalue weighted by Crippen LogP contribution is 2.21. The van der Waals surface area contributed by atoms with Crippen molar-refractivity contribution in [2.45, 2.75) is 24.9 Å². The molecule has 1 unspecified atom stereocenters. The Kier molecular flexibility index (Phi) is 4.30. The van der Waals surface area contributed by atoms with Crippen molar-refractivity contribution >= 4 is 5.97 Å². The van der Waals surface area contributed by atoms with E-state index in [1.807, 2.05) is 6.07 Å². The lowest BCUT2D eigenvalue weighted by Gasteiger charge is -2.14. The molecule has 0 amide bonds. The SMILES string of the molecule is COC1C[C@@H](O)[C@@H](COC(=O)c2ccccc2)O1. The fourth-order valence-corrected chi connectivity index (χ4v) is 1.81. The lowest BCUT2D eigenvalue weighted by atomic mass is 10.2. The number of esters is 1. The summed E-state index contributed by atoms with van der Waals surface area (Å²) < 4.78 is 15.4. The maximum atomic E-state index is 11.7. The van der Waals surface area contributed by atoms with Gasteiger partial charge in [0.05, 0.1) is 11.7 Å². The first-order chi connectivity index (χ1) is 8.70. The van der Waals surface area contributed by atoms with E-state index in [1.165, 1.54) is 7.11 Å². The Bertz CT molecular complexity index is 392. The van der Waals surface area contributed by atoms with Crippen LogP contribution in [0.3, 0.4) is 0 Å². The molecule has 1 saturated heterocycles. The lowest BCUT2D eigenvalue weighted by Crippen LogP contribution is -2.28. The van der Waals surface area contributed by atoms with E-state index in [0.717, 1.165) is 0 Å². The van der Waals surface area contributed by atoms with Crippen LogP contribution >= 0.6 is 0 Å². The first-order valence-electron chi connectivity index (χ1n) is 5.79. The molecule has 0 bridgehead atoms. The van der Waals surface area contributed by atoms with Crippen LogP contribution in [-0.4, -0.2) is 43.3 Å². The van der Waals surface area contributed by atoms with Gasteiger partial charge in [-0.05, 0) is 12.1 Å². The van der Waals surface area contributed by atoms with Gasteiger partial charge in [-0.3, -0.25) is 0 Å². The molecular formula is C13H16O5. The minimum absolute atomic E-state index is 0.0226. The summed E-state index contributed by atoms with van der Waals surface area (Å²) in [6.45, 7) is 0.0226. The highest BCUT2D eigenvalue weighted by Gasteiger charge is 2.34. The van der Waals surface area contributed by atoms with Crippen LogP contribution in [0, 0.1) is 0 Å². The number of rotatable bonds is 4. The topological polar surface area (TPSA) is 65.0 Å². The van der Waals surface area contributed by atoms with Crippen molar-refractivity contribution in [1.29, 1.82) is 0 Å². The number of benzene rings is 1. The maximum absolute atomic E-state index is 11.7. The highest BCUT2D eigenvalue weighted by molar-refractivity contribution is 5.89. The summed E-state index contributed by atoms with van der Waals surface area (Å²) in [5.41, 5.74) is 0.480. The van der Waals surface area contributed by atoms with Gasteiger partial charge in [0.1, 0.15) is 12.7 Å². The summed E-state index contributed by atoms with van der Waals surface area (Å²) >= 11 is 0. The number of methoxy groups -OCH3 is 1. The zero-order valence-corrected chi connectivity index (χ0v) is 10.1. The van der Waals surface area contributed by atoms with Gasteiger partial charge >= 0.3 is 5.97 Å². The largest absolute Gasteiger partial charge is 0.459 e. The molecular weight excluding hydrogens is 236 g/mol. The molecule has 1 aliphatic rings. The average molecular weight is 252 g/mol. The monoisotopic (exact) mass is 252 g/mol. The van der Waals surface area contributed by atoms with Crippen molar-refractivity contribution in [3.05, 3.63) is 35.9 Å². The number of hydrogen-bond acceptors (Lipinski definition) is 5. The van der Waals surface area contributed by atoms with Gasteiger partial charge in [0.25, 0.3) is 0 Å². The van der Waals surface area contributed by atoms with Gasteiger partial charge in [0.2, 0.25) is 0 Å². The van der Waals surface area contributed by atoms with Gasteiger partial charge in [-0.2, -0.15) is 0 Å². The molecule has 0 aromatic heterocycles. The number of hydrogen-bond donors (Lipinski definition) is 1. The van der Waals surface area contributed by atoms with Gasteiger partial charge in [0, 0.05) is 13.5 Å². The Hall–Kier alpha value is -1.43. The summed E-state index contributed by atoms with van der Waals surface area (Å²) in [6.07, 6.45) is -1.23. The van der Waals surface area contributed by atoms with Crippen molar-refractivity contribution in [2.75, 3.05) is 13.7 Å². The molecule has 5 heteroatoms. The van der Waals surface area contributed by atoms with Crippen molar-refractivity contribution in [3.8, 4) is 0 Å². The van der Waals surface area contributed by atoms with Crippen molar-refractivity contribution in [3.63, 3.8) is 0 Å². The second kappa shape index (κ2) is 5.95. The van der Waals surface area contributed by atoms with E-state index in [0.29, 0.717) is 12.0 Å². The molecule has 18 heavy (non-hydrogen) atoms. The summed E-state index contributed by atoms with van der Waals surface area (Å²) in [6, 6.07) is 8.69. The molecule has 0 spiro atoms. The predicted molar refractivity (Wildman–Crippen MR) is 63.0 cm³/mol. The van der Waals surface area contributed by atoms with Gasteiger partial charge in [0.15, 0.2) is 6.29 Å². The number of aliphatic hydroxyl groups is 1. The summed E-state index contributed by atoms with van der Waals surface area (Å²) in [7, 11) is 1.51. The summed E-state index contributed by atoms with van der Waals surface area (Å²) in [5, 5.41) is 9.68.